The number of carbonyl (C=O) groups excluding carboxylic acids is 1. The second-order valence-electron chi connectivity index (χ2n) is 5.45. The quantitative estimate of drug-likeness (QED) is 0.802. The fraction of sp³-hybridized carbons (Fsp3) is 0.353. The maximum Gasteiger partial charge on any atom is 0.257 e. The highest BCUT2D eigenvalue weighted by Gasteiger charge is 2.30. The van der Waals surface area contributed by atoms with Gasteiger partial charge in [-0.2, -0.15) is 0 Å². The summed E-state index contributed by atoms with van der Waals surface area (Å²) in [6.45, 7) is 7.50. The van der Waals surface area contributed by atoms with Crippen LogP contribution in [0.1, 0.15) is 40.2 Å². The van der Waals surface area contributed by atoms with Crippen molar-refractivity contribution in [2.75, 3.05) is 18.8 Å². The number of benzene rings is 1. The Morgan fingerprint density at radius 2 is 2.05 bits per heavy atom. The molecule has 0 radical (unpaired) electrons. The largest absolute Gasteiger partial charge is 0.390 e. The number of thiophene rings is 1. The van der Waals surface area contributed by atoms with E-state index in [0.717, 1.165) is 12.0 Å². The topological polar surface area (TPSA) is 46.3 Å². The number of aryl methyl sites for hydroxylation is 1. The summed E-state index contributed by atoms with van der Waals surface area (Å²) in [5.74, 6) is 0.0596. The van der Waals surface area contributed by atoms with E-state index in [2.05, 4.69) is 25.1 Å². The smallest absolute Gasteiger partial charge is 0.257 e. The van der Waals surface area contributed by atoms with Gasteiger partial charge in [-0.05, 0) is 31.9 Å². The predicted molar refractivity (Wildman–Crippen MR) is 89.0 cm³/mol. The van der Waals surface area contributed by atoms with Gasteiger partial charge in [-0.1, -0.05) is 23.8 Å². The summed E-state index contributed by atoms with van der Waals surface area (Å²) in [5, 5.41) is 0.657. The van der Waals surface area contributed by atoms with E-state index in [1.54, 1.807) is 11.3 Å². The summed E-state index contributed by atoms with van der Waals surface area (Å²) in [6.07, 6.45) is 0.894. The molecule has 0 unspecified atom stereocenters. The van der Waals surface area contributed by atoms with Gasteiger partial charge in [-0.15, -0.1) is 11.3 Å². The van der Waals surface area contributed by atoms with Crippen molar-refractivity contribution in [3.63, 3.8) is 0 Å². The number of nitrogens with two attached hydrogens (primary N) is 1. The van der Waals surface area contributed by atoms with Crippen LogP contribution in [0, 0.1) is 6.92 Å². The first kappa shape index (κ1) is 14.1. The number of rotatable bonds is 3. The van der Waals surface area contributed by atoms with Crippen LogP contribution >= 0.6 is 11.3 Å². The van der Waals surface area contributed by atoms with Gasteiger partial charge in [-0.3, -0.25) is 4.79 Å². The minimum absolute atomic E-state index is 0.0596. The lowest BCUT2D eigenvalue weighted by molar-refractivity contribution is 0.0775. The molecule has 0 fully saturated rings. The van der Waals surface area contributed by atoms with E-state index < -0.39 is 0 Å². The summed E-state index contributed by atoms with van der Waals surface area (Å²) in [6, 6.07) is 6.47. The monoisotopic (exact) mass is 300 g/mol. The van der Waals surface area contributed by atoms with Gasteiger partial charge in [0.25, 0.3) is 5.91 Å². The Morgan fingerprint density at radius 1 is 1.33 bits per heavy atom. The Hall–Kier alpha value is -1.81. The zero-order valence-corrected chi connectivity index (χ0v) is 13.5. The van der Waals surface area contributed by atoms with E-state index >= 15 is 0 Å². The van der Waals surface area contributed by atoms with Crippen molar-refractivity contribution in [1.82, 2.24) is 4.90 Å². The van der Waals surface area contributed by atoms with E-state index in [4.69, 9.17) is 5.73 Å². The highest BCUT2D eigenvalue weighted by molar-refractivity contribution is 7.17. The van der Waals surface area contributed by atoms with Crippen molar-refractivity contribution in [3.05, 3.63) is 39.8 Å². The Kier molecular flexibility index (Phi) is 3.49. The number of anilines is 1. The highest BCUT2D eigenvalue weighted by Crippen LogP contribution is 2.47. The van der Waals surface area contributed by atoms with Crippen LogP contribution in [0.15, 0.2) is 18.2 Å². The molecule has 2 N–H and O–H groups in total. The van der Waals surface area contributed by atoms with Crippen LogP contribution in [0.25, 0.3) is 11.1 Å². The molecule has 0 atom stereocenters. The number of amides is 1. The molecule has 3 nitrogen and oxygen atoms in total. The fourth-order valence-electron chi connectivity index (χ4n) is 3.04. The number of nitrogen functional groups attached to an aromatic ring is 1. The lowest BCUT2D eigenvalue weighted by atomic mass is 10.0. The number of fused-ring (bicyclic) bond motifs is 3. The van der Waals surface area contributed by atoms with Crippen LogP contribution in [0.3, 0.4) is 0 Å². The number of carbonyl (C=O) groups is 1. The van der Waals surface area contributed by atoms with Crippen molar-refractivity contribution in [2.24, 2.45) is 0 Å². The molecule has 3 rings (SSSR count). The van der Waals surface area contributed by atoms with Crippen molar-refractivity contribution in [3.8, 4) is 11.1 Å². The third kappa shape index (κ3) is 2.14. The first-order valence-electron chi connectivity index (χ1n) is 7.37. The molecule has 1 aromatic heterocycles. The predicted octanol–water partition coefficient (Wildman–Crippen LogP) is 3.69. The summed E-state index contributed by atoms with van der Waals surface area (Å²) in [5.41, 5.74) is 11.7. The van der Waals surface area contributed by atoms with Crippen molar-refractivity contribution in [2.45, 2.75) is 27.2 Å². The van der Waals surface area contributed by atoms with E-state index in [1.165, 1.54) is 21.6 Å². The van der Waals surface area contributed by atoms with Crippen molar-refractivity contribution < 1.29 is 4.79 Å². The molecule has 1 aromatic carbocycles. The Labute approximate surface area is 129 Å². The molecule has 0 saturated carbocycles. The Balaban J connectivity index is 2.16. The van der Waals surface area contributed by atoms with Gasteiger partial charge in [0.2, 0.25) is 0 Å². The normalized spacial score (nSPS) is 12.1. The first-order valence-corrected chi connectivity index (χ1v) is 8.18. The lowest BCUT2D eigenvalue weighted by Crippen LogP contribution is -2.31. The number of nitrogens with zero attached hydrogens (tertiary/aromatic N) is 1. The number of hydrogen-bond acceptors (Lipinski definition) is 3. The highest BCUT2D eigenvalue weighted by atomic mass is 32.1. The summed E-state index contributed by atoms with van der Waals surface area (Å²) >= 11 is 1.56. The van der Waals surface area contributed by atoms with E-state index in [0.29, 0.717) is 23.7 Å². The minimum atomic E-state index is 0.0596. The van der Waals surface area contributed by atoms with E-state index in [1.807, 2.05) is 18.7 Å². The van der Waals surface area contributed by atoms with Gasteiger partial charge in [0, 0.05) is 30.0 Å². The van der Waals surface area contributed by atoms with Crippen molar-refractivity contribution >= 4 is 22.2 Å². The van der Waals surface area contributed by atoms with Crippen LogP contribution in [0.5, 0.6) is 0 Å². The molecule has 110 valence electrons. The van der Waals surface area contributed by atoms with Gasteiger partial charge in [0.05, 0.1) is 10.6 Å². The van der Waals surface area contributed by atoms with Gasteiger partial charge < -0.3 is 10.6 Å². The summed E-state index contributed by atoms with van der Waals surface area (Å²) < 4.78 is 0. The Bertz CT molecular complexity index is 714. The van der Waals surface area contributed by atoms with Crippen LogP contribution in [-0.4, -0.2) is 23.9 Å². The standard InChI is InChI=1S/C17H20N2OS/c1-4-19(5-2)17(20)15-14-12-8-10(3)6-7-11(12)9-13(14)21-16(15)18/h6-8H,4-5,9,18H2,1-3H3. The molecule has 0 aliphatic heterocycles. The van der Waals surface area contributed by atoms with E-state index in [9.17, 15) is 4.79 Å². The molecule has 1 heterocycles. The lowest BCUT2D eigenvalue weighted by Gasteiger charge is -2.19. The molecule has 21 heavy (non-hydrogen) atoms. The Morgan fingerprint density at radius 3 is 2.71 bits per heavy atom. The molecule has 1 aliphatic carbocycles. The molecule has 0 saturated heterocycles. The van der Waals surface area contributed by atoms with Crippen LogP contribution in [-0.2, 0) is 6.42 Å². The van der Waals surface area contributed by atoms with Crippen molar-refractivity contribution in [1.29, 1.82) is 0 Å². The zero-order valence-electron chi connectivity index (χ0n) is 12.7. The second kappa shape index (κ2) is 5.19. The van der Waals surface area contributed by atoms with Gasteiger partial charge in [0.1, 0.15) is 0 Å². The molecule has 0 bridgehead atoms. The van der Waals surface area contributed by atoms with Crippen LogP contribution in [0.4, 0.5) is 5.00 Å². The second-order valence-corrected chi connectivity index (χ2v) is 6.59. The maximum absolute atomic E-state index is 12.8. The molecular weight excluding hydrogens is 280 g/mol. The first-order chi connectivity index (χ1) is 10.1. The SMILES string of the molecule is CCN(CC)C(=O)c1c(N)sc2c1-c1cc(C)ccc1C2. The average molecular weight is 300 g/mol. The van der Waals surface area contributed by atoms with Gasteiger partial charge in [0.15, 0.2) is 0 Å². The maximum atomic E-state index is 12.8. The number of hydrogen-bond donors (Lipinski definition) is 1. The minimum Gasteiger partial charge on any atom is -0.390 e. The summed E-state index contributed by atoms with van der Waals surface area (Å²) in [4.78, 5) is 15.9. The van der Waals surface area contributed by atoms with Gasteiger partial charge >= 0.3 is 0 Å². The molecular formula is C17H20N2OS. The van der Waals surface area contributed by atoms with E-state index in [-0.39, 0.29) is 5.91 Å². The molecule has 4 heteroatoms. The molecule has 0 spiro atoms. The third-order valence-corrected chi connectivity index (χ3v) is 5.18. The fourth-order valence-corrected chi connectivity index (χ4v) is 4.14. The van der Waals surface area contributed by atoms with Crippen LogP contribution in [0.2, 0.25) is 0 Å². The van der Waals surface area contributed by atoms with Gasteiger partial charge in [-0.25, -0.2) is 0 Å². The molecule has 1 amide bonds. The zero-order chi connectivity index (χ0) is 15.1. The summed E-state index contributed by atoms with van der Waals surface area (Å²) in [7, 11) is 0. The third-order valence-electron chi connectivity index (χ3n) is 4.16. The molecule has 1 aliphatic rings. The van der Waals surface area contributed by atoms with Crippen LogP contribution < -0.4 is 5.73 Å². The average Bonchev–Trinajstić information content (AvgIpc) is 2.94. The molecule has 2 aromatic rings.